The van der Waals surface area contributed by atoms with Gasteiger partial charge in [0.05, 0.1) is 33.1 Å². The van der Waals surface area contributed by atoms with E-state index in [9.17, 15) is 28.6 Å². The predicted molar refractivity (Wildman–Crippen MR) is 97.1 cm³/mol. The van der Waals surface area contributed by atoms with E-state index in [0.717, 1.165) is 31.4 Å². The third-order valence-corrected chi connectivity index (χ3v) is 5.19. The Balaban J connectivity index is 2.27. The van der Waals surface area contributed by atoms with Crippen LogP contribution in [0.5, 0.6) is 0 Å². The molecule has 0 saturated heterocycles. The van der Waals surface area contributed by atoms with Crippen molar-refractivity contribution in [2.24, 2.45) is 5.10 Å². The number of nitrogens with one attached hydrogen (secondary N) is 1. The Hall–Kier alpha value is -2.82. The Morgan fingerprint density at radius 3 is 2.54 bits per heavy atom. The molecule has 0 bridgehead atoms. The topological polar surface area (TPSA) is 145 Å². The van der Waals surface area contributed by atoms with Crippen LogP contribution in [0.15, 0.2) is 35.5 Å². The number of benzene rings is 1. The van der Waals surface area contributed by atoms with E-state index >= 15 is 0 Å². The molecule has 2 rings (SSSR count). The maximum absolute atomic E-state index is 12.1. The molecule has 0 atom stereocenters. The summed E-state index contributed by atoms with van der Waals surface area (Å²) in [4.78, 5) is 20.4. The first-order chi connectivity index (χ1) is 12.3. The van der Waals surface area contributed by atoms with Gasteiger partial charge in [-0.05, 0) is 31.7 Å². The molecule has 0 unspecified atom stereocenters. The monoisotopic (exact) mass is 382 g/mol. The minimum atomic E-state index is -3.36. The molecule has 0 aromatic heterocycles. The number of anilines is 1. The SMILES string of the molecule is O=[N+]([O-])c1ccc(N/N=C2\CCCC/C=C\CS(=O)(=O)C2)c([N+](=O)[O-])c1. The Kier molecular flexibility index (Phi) is 6.39. The largest absolute Gasteiger partial charge is 0.301 e. The van der Waals surface area contributed by atoms with Crippen LogP contribution < -0.4 is 5.43 Å². The standard InChI is InChI=1S/C15H18N4O6S/c20-18(21)13-7-8-14(15(10-13)19(22)23)17-16-12-6-4-2-1-3-5-9-26(24,25)11-12/h3,5,7-8,10,17H,1-2,4,6,9,11H2/b5-3-,16-12+. The zero-order valence-corrected chi connectivity index (χ0v) is 14.6. The summed E-state index contributed by atoms with van der Waals surface area (Å²) in [6.45, 7) is 0. The molecule has 1 aromatic carbocycles. The molecule has 0 aliphatic carbocycles. The molecule has 0 fully saturated rings. The smallest absolute Gasteiger partial charge is 0.272 e. The van der Waals surface area contributed by atoms with Crippen LogP contribution in [0.3, 0.4) is 0 Å². The summed E-state index contributed by atoms with van der Waals surface area (Å²) in [5.74, 6) is -0.325. The van der Waals surface area contributed by atoms with Gasteiger partial charge in [-0.3, -0.25) is 25.7 Å². The second kappa shape index (κ2) is 8.52. The van der Waals surface area contributed by atoms with E-state index in [4.69, 9.17) is 0 Å². The van der Waals surface area contributed by atoms with Crippen LogP contribution in [0.2, 0.25) is 0 Å². The highest BCUT2D eigenvalue weighted by molar-refractivity contribution is 7.92. The summed E-state index contributed by atoms with van der Waals surface area (Å²) in [6, 6.07) is 3.12. The van der Waals surface area contributed by atoms with Crippen molar-refractivity contribution in [3.63, 3.8) is 0 Å². The van der Waals surface area contributed by atoms with Crippen LogP contribution in [0.1, 0.15) is 25.7 Å². The van der Waals surface area contributed by atoms with Crippen molar-refractivity contribution in [2.45, 2.75) is 25.7 Å². The summed E-state index contributed by atoms with van der Waals surface area (Å²) < 4.78 is 24.1. The lowest BCUT2D eigenvalue weighted by Gasteiger charge is -2.09. The fourth-order valence-electron chi connectivity index (χ4n) is 2.42. The van der Waals surface area contributed by atoms with Crippen molar-refractivity contribution in [3.8, 4) is 0 Å². The third-order valence-electron chi connectivity index (χ3n) is 3.71. The molecule has 26 heavy (non-hydrogen) atoms. The van der Waals surface area contributed by atoms with E-state index in [2.05, 4.69) is 10.5 Å². The van der Waals surface area contributed by atoms with E-state index in [-0.39, 0.29) is 17.2 Å². The van der Waals surface area contributed by atoms with E-state index in [1.807, 2.05) is 6.08 Å². The molecular weight excluding hydrogens is 364 g/mol. The number of non-ortho nitro benzene ring substituents is 1. The zero-order chi connectivity index (χ0) is 19.2. The predicted octanol–water partition coefficient (Wildman–Crippen LogP) is 2.82. The van der Waals surface area contributed by atoms with Crippen LogP contribution in [0, 0.1) is 20.2 Å². The van der Waals surface area contributed by atoms with Crippen molar-refractivity contribution < 1.29 is 18.3 Å². The van der Waals surface area contributed by atoms with Gasteiger partial charge in [-0.25, -0.2) is 8.42 Å². The van der Waals surface area contributed by atoms with Gasteiger partial charge in [0, 0.05) is 6.07 Å². The van der Waals surface area contributed by atoms with Gasteiger partial charge in [0.2, 0.25) is 0 Å². The number of hydrogen-bond donors (Lipinski definition) is 1. The number of nitrogens with zero attached hydrogens (tertiary/aromatic N) is 3. The second-order valence-electron chi connectivity index (χ2n) is 5.78. The van der Waals surface area contributed by atoms with Crippen molar-refractivity contribution >= 4 is 32.6 Å². The summed E-state index contributed by atoms with van der Waals surface area (Å²) >= 11 is 0. The minimum absolute atomic E-state index is 0.0394. The highest BCUT2D eigenvalue weighted by atomic mass is 32.2. The normalized spacial score (nSPS) is 20.2. The highest BCUT2D eigenvalue weighted by Gasteiger charge is 2.20. The number of hydrogen-bond acceptors (Lipinski definition) is 8. The molecule has 1 N–H and O–H groups in total. The quantitative estimate of drug-likeness (QED) is 0.478. The second-order valence-corrected chi connectivity index (χ2v) is 7.89. The van der Waals surface area contributed by atoms with Crippen LogP contribution in [0.25, 0.3) is 0 Å². The van der Waals surface area contributed by atoms with Crippen molar-refractivity contribution in [1.29, 1.82) is 0 Å². The Labute approximate surface area is 149 Å². The Morgan fingerprint density at radius 1 is 1.08 bits per heavy atom. The zero-order valence-electron chi connectivity index (χ0n) is 13.8. The molecule has 0 spiro atoms. The number of sulfone groups is 1. The van der Waals surface area contributed by atoms with E-state index in [0.29, 0.717) is 12.1 Å². The Bertz CT molecular complexity index is 863. The number of allylic oxidation sites excluding steroid dienone is 1. The van der Waals surface area contributed by atoms with Gasteiger partial charge in [0.15, 0.2) is 9.84 Å². The molecule has 11 heteroatoms. The molecular formula is C15H18N4O6S. The molecule has 0 saturated carbocycles. The first-order valence-electron chi connectivity index (χ1n) is 7.88. The van der Waals surface area contributed by atoms with Crippen molar-refractivity contribution in [2.75, 3.05) is 16.9 Å². The van der Waals surface area contributed by atoms with E-state index in [1.165, 1.54) is 6.07 Å². The van der Waals surface area contributed by atoms with Crippen molar-refractivity contribution in [1.82, 2.24) is 0 Å². The third kappa shape index (κ3) is 5.62. The summed E-state index contributed by atoms with van der Waals surface area (Å²) in [6.07, 6.45) is 6.31. The maximum atomic E-state index is 12.1. The van der Waals surface area contributed by atoms with Crippen LogP contribution in [-0.4, -0.2) is 35.5 Å². The average molecular weight is 382 g/mol. The number of rotatable bonds is 4. The van der Waals surface area contributed by atoms with Gasteiger partial charge < -0.3 is 0 Å². The highest BCUT2D eigenvalue weighted by Crippen LogP contribution is 2.29. The molecule has 1 heterocycles. The van der Waals surface area contributed by atoms with E-state index < -0.39 is 31.1 Å². The summed E-state index contributed by atoms with van der Waals surface area (Å²) in [5.41, 5.74) is 1.90. The van der Waals surface area contributed by atoms with Crippen molar-refractivity contribution in [3.05, 3.63) is 50.6 Å². The molecule has 10 nitrogen and oxygen atoms in total. The maximum Gasteiger partial charge on any atom is 0.301 e. The molecule has 1 aromatic rings. The minimum Gasteiger partial charge on any atom is -0.272 e. The first kappa shape index (κ1) is 19.5. The lowest BCUT2D eigenvalue weighted by atomic mass is 10.1. The van der Waals surface area contributed by atoms with Gasteiger partial charge in [-0.2, -0.15) is 5.10 Å². The molecule has 0 amide bonds. The number of hydrazone groups is 1. The Morgan fingerprint density at radius 2 is 1.85 bits per heavy atom. The molecule has 1 aliphatic heterocycles. The first-order valence-corrected chi connectivity index (χ1v) is 9.70. The van der Waals surface area contributed by atoms with Gasteiger partial charge in [-0.1, -0.05) is 12.2 Å². The lowest BCUT2D eigenvalue weighted by molar-refractivity contribution is -0.393. The van der Waals surface area contributed by atoms with Crippen LogP contribution in [0.4, 0.5) is 17.1 Å². The molecule has 1 aliphatic rings. The summed E-state index contributed by atoms with van der Waals surface area (Å²) in [7, 11) is -3.36. The van der Waals surface area contributed by atoms with Crippen LogP contribution in [-0.2, 0) is 9.84 Å². The fraction of sp³-hybridized carbons (Fsp3) is 0.400. The number of nitro benzene ring substituents is 2. The van der Waals surface area contributed by atoms with Gasteiger partial charge in [-0.15, -0.1) is 0 Å². The van der Waals surface area contributed by atoms with Gasteiger partial charge in [0.1, 0.15) is 5.69 Å². The van der Waals surface area contributed by atoms with Crippen LogP contribution >= 0.6 is 0 Å². The number of nitro groups is 2. The molecule has 0 radical (unpaired) electrons. The lowest BCUT2D eigenvalue weighted by Crippen LogP contribution is -2.20. The molecule has 140 valence electrons. The van der Waals surface area contributed by atoms with Gasteiger partial charge >= 0.3 is 5.69 Å². The summed E-state index contributed by atoms with van der Waals surface area (Å²) in [5, 5.41) is 25.9. The van der Waals surface area contributed by atoms with Gasteiger partial charge in [0.25, 0.3) is 5.69 Å². The van der Waals surface area contributed by atoms with E-state index in [1.54, 1.807) is 6.08 Å². The fourth-order valence-corrected chi connectivity index (χ4v) is 3.68. The average Bonchev–Trinajstić information content (AvgIpc) is 2.57.